The highest BCUT2D eigenvalue weighted by Crippen LogP contribution is 2.25. The van der Waals surface area contributed by atoms with E-state index in [9.17, 15) is 14.7 Å². The Hall–Kier alpha value is -1.14. The number of nitrogens with zero attached hydrogens (tertiary/aromatic N) is 1. The Labute approximate surface area is 106 Å². The summed E-state index contributed by atoms with van der Waals surface area (Å²) in [4.78, 5) is 24.5. The predicted molar refractivity (Wildman–Crippen MR) is 62.0 cm³/mol. The highest BCUT2D eigenvalue weighted by molar-refractivity contribution is 5.82. The van der Waals surface area contributed by atoms with Crippen molar-refractivity contribution >= 4 is 11.9 Å². The molecule has 0 radical (unpaired) electrons. The molecule has 102 valence electrons. The van der Waals surface area contributed by atoms with Crippen LogP contribution in [0.5, 0.6) is 0 Å². The van der Waals surface area contributed by atoms with Gasteiger partial charge >= 0.3 is 5.97 Å². The number of hydrogen-bond acceptors (Lipinski definition) is 4. The van der Waals surface area contributed by atoms with Gasteiger partial charge in [-0.15, -0.1) is 0 Å². The Balaban J connectivity index is 1.88. The molecule has 0 aromatic rings. The maximum absolute atomic E-state index is 12.1. The SMILES string of the molecule is CC1(O)CCN(C(=O)C2CCC(C(=O)O)O2)CC1. The molecule has 2 aliphatic rings. The van der Waals surface area contributed by atoms with Crippen LogP contribution in [0.4, 0.5) is 0 Å². The van der Waals surface area contributed by atoms with Crippen LogP contribution in [0.3, 0.4) is 0 Å². The van der Waals surface area contributed by atoms with Gasteiger partial charge in [-0.05, 0) is 32.6 Å². The second-order valence-corrected chi connectivity index (χ2v) is 5.35. The minimum absolute atomic E-state index is 0.144. The first-order valence-electron chi connectivity index (χ1n) is 6.28. The van der Waals surface area contributed by atoms with Gasteiger partial charge in [0, 0.05) is 13.1 Å². The van der Waals surface area contributed by atoms with E-state index in [1.165, 1.54) is 0 Å². The molecule has 6 heteroatoms. The van der Waals surface area contributed by atoms with Gasteiger partial charge in [-0.3, -0.25) is 4.79 Å². The summed E-state index contributed by atoms with van der Waals surface area (Å²) >= 11 is 0. The maximum atomic E-state index is 12.1. The summed E-state index contributed by atoms with van der Waals surface area (Å²) in [5.74, 6) is -1.15. The Morgan fingerprint density at radius 1 is 1.22 bits per heavy atom. The van der Waals surface area contributed by atoms with Crippen LogP contribution in [0.25, 0.3) is 0 Å². The lowest BCUT2D eigenvalue weighted by atomic mass is 9.93. The van der Waals surface area contributed by atoms with E-state index >= 15 is 0 Å². The lowest BCUT2D eigenvalue weighted by Crippen LogP contribution is -2.48. The third-order valence-electron chi connectivity index (χ3n) is 3.72. The first kappa shape index (κ1) is 13.3. The second-order valence-electron chi connectivity index (χ2n) is 5.35. The number of aliphatic carboxylic acids is 1. The van der Waals surface area contributed by atoms with E-state index in [1.807, 2.05) is 0 Å². The molecule has 2 fully saturated rings. The third kappa shape index (κ3) is 2.81. The summed E-state index contributed by atoms with van der Waals surface area (Å²) in [7, 11) is 0. The maximum Gasteiger partial charge on any atom is 0.332 e. The minimum Gasteiger partial charge on any atom is -0.479 e. The zero-order valence-corrected chi connectivity index (χ0v) is 10.5. The van der Waals surface area contributed by atoms with E-state index in [2.05, 4.69) is 0 Å². The molecule has 0 aromatic heterocycles. The van der Waals surface area contributed by atoms with Gasteiger partial charge in [0.15, 0.2) is 6.10 Å². The Bertz CT molecular complexity index is 344. The molecule has 18 heavy (non-hydrogen) atoms. The molecule has 2 aliphatic heterocycles. The lowest BCUT2D eigenvalue weighted by Gasteiger charge is -2.36. The quantitative estimate of drug-likeness (QED) is 0.726. The number of rotatable bonds is 2. The van der Waals surface area contributed by atoms with Gasteiger partial charge in [0.25, 0.3) is 5.91 Å². The van der Waals surface area contributed by atoms with Crippen LogP contribution in [0, 0.1) is 0 Å². The average molecular weight is 257 g/mol. The Kier molecular flexibility index (Phi) is 3.59. The van der Waals surface area contributed by atoms with Crippen LogP contribution >= 0.6 is 0 Å². The molecular formula is C12H19NO5. The third-order valence-corrected chi connectivity index (χ3v) is 3.72. The van der Waals surface area contributed by atoms with E-state index in [0.717, 1.165) is 0 Å². The summed E-state index contributed by atoms with van der Waals surface area (Å²) in [5, 5.41) is 18.6. The van der Waals surface area contributed by atoms with Gasteiger partial charge in [-0.2, -0.15) is 0 Å². The highest BCUT2D eigenvalue weighted by Gasteiger charge is 2.38. The lowest BCUT2D eigenvalue weighted by molar-refractivity contribution is -0.156. The molecule has 0 saturated carbocycles. The molecular weight excluding hydrogens is 238 g/mol. The molecule has 0 aliphatic carbocycles. The molecule has 0 spiro atoms. The smallest absolute Gasteiger partial charge is 0.332 e. The number of piperidine rings is 1. The number of amides is 1. The van der Waals surface area contributed by atoms with Crippen molar-refractivity contribution in [3.63, 3.8) is 0 Å². The van der Waals surface area contributed by atoms with Gasteiger partial charge < -0.3 is 19.8 Å². The van der Waals surface area contributed by atoms with Crippen molar-refractivity contribution in [1.29, 1.82) is 0 Å². The summed E-state index contributed by atoms with van der Waals surface area (Å²) in [6.07, 6.45) is 0.461. The number of likely N-dealkylation sites (tertiary alicyclic amines) is 1. The number of hydrogen-bond donors (Lipinski definition) is 2. The van der Waals surface area contributed by atoms with Crippen molar-refractivity contribution < 1.29 is 24.5 Å². The number of carbonyl (C=O) groups is 2. The number of carboxylic acids is 1. The molecule has 2 rings (SSSR count). The van der Waals surface area contributed by atoms with E-state index in [4.69, 9.17) is 9.84 Å². The van der Waals surface area contributed by atoms with E-state index in [1.54, 1.807) is 11.8 Å². The molecule has 1 amide bonds. The first-order chi connectivity index (χ1) is 8.39. The van der Waals surface area contributed by atoms with Crippen molar-refractivity contribution in [3.05, 3.63) is 0 Å². The predicted octanol–water partition coefficient (Wildman–Crippen LogP) is -0.00800. The highest BCUT2D eigenvalue weighted by atomic mass is 16.5. The van der Waals surface area contributed by atoms with Crippen LogP contribution in [0.2, 0.25) is 0 Å². The fraction of sp³-hybridized carbons (Fsp3) is 0.833. The van der Waals surface area contributed by atoms with Crippen LogP contribution in [-0.2, 0) is 14.3 Å². The summed E-state index contributed by atoms with van der Waals surface area (Å²) in [6, 6.07) is 0. The number of ether oxygens (including phenoxy) is 1. The second kappa shape index (κ2) is 4.85. The van der Waals surface area contributed by atoms with Crippen molar-refractivity contribution in [2.24, 2.45) is 0 Å². The fourth-order valence-corrected chi connectivity index (χ4v) is 2.41. The van der Waals surface area contributed by atoms with E-state index < -0.39 is 23.8 Å². The zero-order valence-electron chi connectivity index (χ0n) is 10.5. The van der Waals surface area contributed by atoms with E-state index in [0.29, 0.717) is 38.8 Å². The van der Waals surface area contributed by atoms with Crippen LogP contribution in [-0.4, -0.2) is 57.9 Å². The normalized spacial score (nSPS) is 31.3. The molecule has 2 atom stereocenters. The number of carbonyl (C=O) groups excluding carboxylic acids is 1. The fourth-order valence-electron chi connectivity index (χ4n) is 2.41. The molecule has 2 N–H and O–H groups in total. The molecule has 0 bridgehead atoms. The topological polar surface area (TPSA) is 87.1 Å². The standard InChI is InChI=1S/C12H19NO5/c1-12(17)4-6-13(7-5-12)10(14)8-2-3-9(18-8)11(15)16/h8-9,17H,2-7H2,1H3,(H,15,16). The molecule has 2 heterocycles. The van der Waals surface area contributed by atoms with Crippen molar-refractivity contribution in [3.8, 4) is 0 Å². The van der Waals surface area contributed by atoms with Gasteiger partial charge in [0.05, 0.1) is 5.60 Å². The molecule has 0 aromatic carbocycles. The van der Waals surface area contributed by atoms with Crippen molar-refractivity contribution in [2.45, 2.75) is 50.4 Å². The van der Waals surface area contributed by atoms with Gasteiger partial charge in [-0.1, -0.05) is 0 Å². The van der Waals surface area contributed by atoms with Gasteiger partial charge in [0.1, 0.15) is 6.10 Å². The van der Waals surface area contributed by atoms with Crippen molar-refractivity contribution in [2.75, 3.05) is 13.1 Å². The van der Waals surface area contributed by atoms with Crippen LogP contribution in [0.15, 0.2) is 0 Å². The summed E-state index contributed by atoms with van der Waals surface area (Å²) < 4.78 is 5.24. The first-order valence-corrected chi connectivity index (χ1v) is 6.28. The molecule has 2 saturated heterocycles. The van der Waals surface area contributed by atoms with Crippen molar-refractivity contribution in [1.82, 2.24) is 4.90 Å². The number of carboxylic acid groups (broad SMARTS) is 1. The monoisotopic (exact) mass is 257 g/mol. The Morgan fingerprint density at radius 2 is 1.78 bits per heavy atom. The average Bonchev–Trinajstić information content (AvgIpc) is 2.77. The van der Waals surface area contributed by atoms with E-state index in [-0.39, 0.29) is 5.91 Å². The Morgan fingerprint density at radius 3 is 2.28 bits per heavy atom. The van der Waals surface area contributed by atoms with Crippen LogP contribution < -0.4 is 0 Å². The minimum atomic E-state index is -1.01. The molecule has 6 nitrogen and oxygen atoms in total. The zero-order chi connectivity index (χ0) is 13.3. The van der Waals surface area contributed by atoms with Gasteiger partial charge in [0.2, 0.25) is 0 Å². The summed E-state index contributed by atoms with van der Waals surface area (Å²) in [6.45, 7) is 2.77. The number of aliphatic hydroxyl groups is 1. The molecule has 2 unspecified atom stereocenters. The van der Waals surface area contributed by atoms with Crippen LogP contribution in [0.1, 0.15) is 32.6 Å². The van der Waals surface area contributed by atoms with Gasteiger partial charge in [-0.25, -0.2) is 4.79 Å². The largest absolute Gasteiger partial charge is 0.479 e. The summed E-state index contributed by atoms with van der Waals surface area (Å²) in [5.41, 5.74) is -0.698.